The highest BCUT2D eigenvalue weighted by Gasteiger charge is 2.07. The van der Waals surface area contributed by atoms with Gasteiger partial charge in [-0.3, -0.25) is 9.59 Å². The number of rotatable bonds is 14. The molecule has 0 unspecified atom stereocenters. The molecule has 25 heavy (non-hydrogen) atoms. The van der Waals surface area contributed by atoms with Crippen molar-refractivity contribution in [2.45, 2.75) is 58.3 Å². The van der Waals surface area contributed by atoms with Crippen molar-refractivity contribution < 1.29 is 23.8 Å². The molecule has 0 bridgehead atoms. The normalized spacial score (nSPS) is 10.3. The Morgan fingerprint density at radius 2 is 1.40 bits per heavy atom. The quantitative estimate of drug-likeness (QED) is 0.370. The first-order chi connectivity index (χ1) is 12.2. The van der Waals surface area contributed by atoms with Crippen LogP contribution in [-0.4, -0.2) is 31.8 Å². The molecule has 5 nitrogen and oxygen atoms in total. The molecule has 5 heteroatoms. The molecule has 1 aromatic carbocycles. The number of carbonyl (C=O) groups is 2. The van der Waals surface area contributed by atoms with Crippen LogP contribution >= 0.6 is 0 Å². The van der Waals surface area contributed by atoms with Crippen molar-refractivity contribution in [1.82, 2.24) is 0 Å². The Morgan fingerprint density at radius 3 is 2.08 bits per heavy atom. The SMILES string of the molecule is CCCCCCCOC(=O)CCCC(=O)OCCOc1ccccc1. The fraction of sp³-hybridized carbons (Fsp3) is 0.600. The molecule has 0 radical (unpaired) electrons. The van der Waals surface area contributed by atoms with Gasteiger partial charge in [0, 0.05) is 12.8 Å². The van der Waals surface area contributed by atoms with Crippen LogP contribution in [0.25, 0.3) is 0 Å². The lowest BCUT2D eigenvalue weighted by molar-refractivity contribution is -0.146. The van der Waals surface area contributed by atoms with Gasteiger partial charge in [-0.1, -0.05) is 50.8 Å². The van der Waals surface area contributed by atoms with Gasteiger partial charge in [0.2, 0.25) is 0 Å². The fourth-order valence-electron chi connectivity index (χ4n) is 2.24. The van der Waals surface area contributed by atoms with E-state index in [4.69, 9.17) is 14.2 Å². The molecule has 0 N–H and O–H groups in total. The summed E-state index contributed by atoms with van der Waals surface area (Å²) < 4.78 is 15.6. The standard InChI is InChI=1S/C20H30O5/c1-2-3-4-5-9-15-24-19(21)13-10-14-20(22)25-17-16-23-18-11-7-6-8-12-18/h6-8,11-12H,2-5,9-10,13-17H2,1H3. The van der Waals surface area contributed by atoms with E-state index in [2.05, 4.69) is 6.92 Å². The van der Waals surface area contributed by atoms with E-state index in [-0.39, 0.29) is 31.4 Å². The van der Waals surface area contributed by atoms with Crippen LogP contribution < -0.4 is 4.74 Å². The molecule has 0 heterocycles. The Labute approximate surface area is 150 Å². The first-order valence-electron chi connectivity index (χ1n) is 9.21. The molecule has 0 saturated heterocycles. The van der Waals surface area contributed by atoms with Crippen LogP contribution in [-0.2, 0) is 19.1 Å². The average Bonchev–Trinajstić information content (AvgIpc) is 2.62. The van der Waals surface area contributed by atoms with Crippen LogP contribution in [0.4, 0.5) is 0 Å². The maximum Gasteiger partial charge on any atom is 0.305 e. The molecule has 0 aliphatic rings. The van der Waals surface area contributed by atoms with Gasteiger partial charge in [-0.2, -0.15) is 0 Å². The Balaban J connectivity index is 1.93. The summed E-state index contributed by atoms with van der Waals surface area (Å²) >= 11 is 0. The molecule has 0 amide bonds. The van der Waals surface area contributed by atoms with Crippen molar-refractivity contribution in [2.24, 2.45) is 0 Å². The molecule has 0 aliphatic carbocycles. The highest BCUT2D eigenvalue weighted by atomic mass is 16.6. The highest BCUT2D eigenvalue weighted by molar-refractivity contribution is 5.72. The zero-order valence-corrected chi connectivity index (χ0v) is 15.2. The molecular weight excluding hydrogens is 320 g/mol. The third kappa shape index (κ3) is 12.0. The number of ether oxygens (including phenoxy) is 3. The maximum absolute atomic E-state index is 11.6. The minimum Gasteiger partial charge on any atom is -0.490 e. The van der Waals surface area contributed by atoms with E-state index < -0.39 is 0 Å². The van der Waals surface area contributed by atoms with Crippen molar-refractivity contribution in [3.05, 3.63) is 30.3 Å². The number of hydrogen-bond donors (Lipinski definition) is 0. The van der Waals surface area contributed by atoms with Gasteiger partial charge in [0.15, 0.2) is 0 Å². The number of hydrogen-bond acceptors (Lipinski definition) is 5. The maximum atomic E-state index is 11.6. The summed E-state index contributed by atoms with van der Waals surface area (Å²) in [6.45, 7) is 3.16. The Hall–Kier alpha value is -2.04. The first-order valence-corrected chi connectivity index (χ1v) is 9.21. The third-order valence-corrected chi connectivity index (χ3v) is 3.63. The lowest BCUT2D eigenvalue weighted by Crippen LogP contribution is -2.13. The predicted molar refractivity (Wildman–Crippen MR) is 96.5 cm³/mol. The molecular formula is C20H30O5. The molecule has 0 atom stereocenters. The van der Waals surface area contributed by atoms with Gasteiger partial charge in [-0.15, -0.1) is 0 Å². The van der Waals surface area contributed by atoms with E-state index in [9.17, 15) is 9.59 Å². The van der Waals surface area contributed by atoms with Crippen molar-refractivity contribution >= 4 is 11.9 Å². The van der Waals surface area contributed by atoms with E-state index in [1.165, 1.54) is 19.3 Å². The largest absolute Gasteiger partial charge is 0.490 e. The van der Waals surface area contributed by atoms with E-state index in [0.29, 0.717) is 19.6 Å². The Morgan fingerprint density at radius 1 is 0.760 bits per heavy atom. The van der Waals surface area contributed by atoms with Crippen molar-refractivity contribution in [3.8, 4) is 5.75 Å². The van der Waals surface area contributed by atoms with Gasteiger partial charge in [0.25, 0.3) is 0 Å². The number of benzene rings is 1. The smallest absolute Gasteiger partial charge is 0.305 e. The zero-order valence-electron chi connectivity index (χ0n) is 15.2. The average molecular weight is 350 g/mol. The second kappa shape index (κ2) is 14.3. The summed E-state index contributed by atoms with van der Waals surface area (Å²) in [5.74, 6) is 0.190. The molecule has 0 spiro atoms. The topological polar surface area (TPSA) is 61.8 Å². The van der Waals surface area contributed by atoms with Gasteiger partial charge >= 0.3 is 11.9 Å². The Kier molecular flexibility index (Phi) is 12.0. The van der Waals surface area contributed by atoms with Crippen LogP contribution in [0.15, 0.2) is 30.3 Å². The van der Waals surface area contributed by atoms with Crippen LogP contribution in [0.5, 0.6) is 5.75 Å². The fourth-order valence-corrected chi connectivity index (χ4v) is 2.24. The number of esters is 2. The summed E-state index contributed by atoms with van der Waals surface area (Å²) in [5.41, 5.74) is 0. The Bertz CT molecular complexity index is 472. The summed E-state index contributed by atoms with van der Waals surface area (Å²) in [6, 6.07) is 9.36. The second-order valence-electron chi connectivity index (χ2n) is 5.87. The predicted octanol–water partition coefficient (Wildman–Crippen LogP) is 4.29. The molecule has 1 aromatic rings. The van der Waals surface area contributed by atoms with Gasteiger partial charge < -0.3 is 14.2 Å². The lowest BCUT2D eigenvalue weighted by atomic mass is 10.2. The van der Waals surface area contributed by atoms with Crippen LogP contribution in [0.2, 0.25) is 0 Å². The third-order valence-electron chi connectivity index (χ3n) is 3.63. The molecule has 0 saturated carbocycles. The lowest BCUT2D eigenvalue weighted by Gasteiger charge is -2.07. The van der Waals surface area contributed by atoms with Gasteiger partial charge in [-0.05, 0) is 25.0 Å². The number of para-hydroxylation sites is 1. The zero-order chi connectivity index (χ0) is 18.2. The number of unbranched alkanes of at least 4 members (excludes halogenated alkanes) is 4. The summed E-state index contributed by atoms with van der Waals surface area (Å²) in [7, 11) is 0. The van der Waals surface area contributed by atoms with Crippen LogP contribution in [0.1, 0.15) is 58.3 Å². The van der Waals surface area contributed by atoms with E-state index in [1.807, 2.05) is 30.3 Å². The highest BCUT2D eigenvalue weighted by Crippen LogP contribution is 2.08. The molecule has 140 valence electrons. The summed E-state index contributed by atoms with van der Waals surface area (Å²) in [4.78, 5) is 23.1. The minimum atomic E-state index is -0.316. The monoisotopic (exact) mass is 350 g/mol. The molecule has 1 rings (SSSR count). The first kappa shape index (κ1) is 21.0. The van der Waals surface area contributed by atoms with E-state index in [0.717, 1.165) is 18.6 Å². The van der Waals surface area contributed by atoms with Crippen molar-refractivity contribution in [2.75, 3.05) is 19.8 Å². The van der Waals surface area contributed by atoms with Gasteiger partial charge in [0.05, 0.1) is 6.61 Å². The van der Waals surface area contributed by atoms with Crippen LogP contribution in [0, 0.1) is 0 Å². The summed E-state index contributed by atoms with van der Waals surface area (Å²) in [6.07, 6.45) is 6.55. The molecule has 0 fully saturated rings. The van der Waals surface area contributed by atoms with E-state index >= 15 is 0 Å². The second-order valence-corrected chi connectivity index (χ2v) is 5.87. The van der Waals surface area contributed by atoms with Gasteiger partial charge in [-0.25, -0.2) is 0 Å². The van der Waals surface area contributed by atoms with Crippen LogP contribution in [0.3, 0.4) is 0 Å². The number of carbonyl (C=O) groups excluding carboxylic acids is 2. The minimum absolute atomic E-state index is 0.204. The van der Waals surface area contributed by atoms with Crippen molar-refractivity contribution in [3.63, 3.8) is 0 Å². The van der Waals surface area contributed by atoms with E-state index in [1.54, 1.807) is 0 Å². The summed E-state index contributed by atoms with van der Waals surface area (Å²) in [5, 5.41) is 0. The van der Waals surface area contributed by atoms with Crippen molar-refractivity contribution in [1.29, 1.82) is 0 Å². The molecule has 0 aliphatic heterocycles. The van der Waals surface area contributed by atoms with Gasteiger partial charge in [0.1, 0.15) is 19.0 Å². The molecule has 0 aromatic heterocycles.